The topological polar surface area (TPSA) is 90.8 Å². The summed E-state index contributed by atoms with van der Waals surface area (Å²) in [5.74, 6) is -0.0440. The summed E-state index contributed by atoms with van der Waals surface area (Å²) in [6.45, 7) is 0.0262. The van der Waals surface area contributed by atoms with Crippen molar-refractivity contribution in [1.29, 1.82) is 0 Å². The third kappa shape index (κ3) is 3.10. The van der Waals surface area contributed by atoms with Gasteiger partial charge in [0.1, 0.15) is 0 Å². The Morgan fingerprint density at radius 1 is 1.62 bits per heavy atom. The number of hydrogen-bond donors (Lipinski definition) is 3. The summed E-state index contributed by atoms with van der Waals surface area (Å²) in [6, 6.07) is 0. The Bertz CT molecular complexity index is 235. The number of carbonyl (C=O) groups is 2. The molecule has 6 heteroatoms. The fraction of sp³-hybridized carbons (Fsp3) is 0.571. The van der Waals surface area contributed by atoms with Crippen molar-refractivity contribution in [3.63, 3.8) is 0 Å². The number of nitrogens with zero attached hydrogens (tertiary/aromatic N) is 1. The van der Waals surface area contributed by atoms with Crippen LogP contribution in [0.5, 0.6) is 0 Å². The van der Waals surface area contributed by atoms with Crippen molar-refractivity contribution in [2.24, 2.45) is 11.1 Å². The quantitative estimate of drug-likeness (QED) is 0.173. The molecule has 13 heavy (non-hydrogen) atoms. The fourth-order valence-electron chi connectivity index (χ4n) is 0.833. The normalized spacial score (nSPS) is 16.5. The summed E-state index contributed by atoms with van der Waals surface area (Å²) in [7, 11) is 0. The molecule has 0 unspecified atom stereocenters. The zero-order chi connectivity index (χ0) is 9.68. The van der Waals surface area contributed by atoms with E-state index in [0.717, 1.165) is 12.8 Å². The first kappa shape index (κ1) is 9.50. The highest BCUT2D eigenvalue weighted by molar-refractivity contribution is 6.00. The van der Waals surface area contributed by atoms with E-state index < -0.39 is 0 Å². The first-order valence-corrected chi connectivity index (χ1v) is 3.96. The summed E-state index contributed by atoms with van der Waals surface area (Å²) in [4.78, 5) is 21.0. The van der Waals surface area contributed by atoms with Crippen LogP contribution >= 0.6 is 0 Å². The van der Waals surface area contributed by atoms with Gasteiger partial charge in [0.15, 0.2) is 5.84 Å². The predicted octanol–water partition coefficient (Wildman–Crippen LogP) is -0.954. The van der Waals surface area contributed by atoms with Gasteiger partial charge >= 0.3 is 0 Å². The molecular weight excluding hydrogens is 174 g/mol. The summed E-state index contributed by atoms with van der Waals surface area (Å²) >= 11 is 0. The maximum atomic E-state index is 11.1. The number of oxime groups is 1. The maximum Gasteiger partial charge on any atom is 0.228 e. The SMILES string of the molecule is O=CNC/C(=N/O)NC(=O)C1CC1. The van der Waals surface area contributed by atoms with Gasteiger partial charge in [-0.15, -0.1) is 0 Å². The van der Waals surface area contributed by atoms with Crippen LogP contribution in [-0.4, -0.2) is 29.9 Å². The molecule has 0 aromatic heterocycles. The van der Waals surface area contributed by atoms with E-state index in [1.165, 1.54) is 0 Å². The second-order valence-electron chi connectivity index (χ2n) is 2.81. The van der Waals surface area contributed by atoms with Crippen LogP contribution < -0.4 is 10.6 Å². The molecule has 0 aliphatic heterocycles. The van der Waals surface area contributed by atoms with Gasteiger partial charge in [0.05, 0.1) is 6.54 Å². The Balaban J connectivity index is 2.30. The standard InChI is InChI=1S/C7H11N3O3/c11-4-8-3-6(10-13)9-7(12)5-1-2-5/h4-5,13H,1-3H2,(H,8,11)(H,9,10,12). The van der Waals surface area contributed by atoms with Gasteiger partial charge in [0.25, 0.3) is 0 Å². The molecule has 1 aliphatic rings. The molecule has 72 valence electrons. The minimum absolute atomic E-state index is 0.0262. The molecule has 1 aliphatic carbocycles. The van der Waals surface area contributed by atoms with E-state index in [-0.39, 0.29) is 24.2 Å². The molecule has 6 nitrogen and oxygen atoms in total. The van der Waals surface area contributed by atoms with Crippen LogP contribution in [0.4, 0.5) is 0 Å². The summed E-state index contributed by atoms with van der Waals surface area (Å²) < 4.78 is 0. The van der Waals surface area contributed by atoms with Crippen LogP contribution in [0.2, 0.25) is 0 Å². The van der Waals surface area contributed by atoms with Gasteiger partial charge in [0, 0.05) is 5.92 Å². The van der Waals surface area contributed by atoms with Crippen LogP contribution in [-0.2, 0) is 9.59 Å². The third-order valence-electron chi connectivity index (χ3n) is 1.69. The molecule has 1 rings (SSSR count). The minimum atomic E-state index is -0.152. The van der Waals surface area contributed by atoms with Crippen molar-refractivity contribution in [1.82, 2.24) is 10.6 Å². The van der Waals surface area contributed by atoms with Crippen molar-refractivity contribution < 1.29 is 14.8 Å². The van der Waals surface area contributed by atoms with Crippen molar-refractivity contribution in [3.05, 3.63) is 0 Å². The average Bonchev–Trinajstić information content (AvgIpc) is 2.94. The van der Waals surface area contributed by atoms with E-state index >= 15 is 0 Å². The van der Waals surface area contributed by atoms with Gasteiger partial charge in [-0.25, -0.2) is 0 Å². The van der Waals surface area contributed by atoms with E-state index in [9.17, 15) is 9.59 Å². The molecule has 0 aromatic carbocycles. The lowest BCUT2D eigenvalue weighted by atomic mass is 10.4. The monoisotopic (exact) mass is 185 g/mol. The Kier molecular flexibility index (Phi) is 3.24. The van der Waals surface area contributed by atoms with E-state index in [1.807, 2.05) is 0 Å². The molecule has 0 radical (unpaired) electrons. The number of hydrogen-bond acceptors (Lipinski definition) is 4. The lowest BCUT2D eigenvalue weighted by Crippen LogP contribution is -2.38. The Morgan fingerprint density at radius 2 is 2.31 bits per heavy atom. The molecule has 0 aromatic rings. The molecule has 0 bridgehead atoms. The largest absolute Gasteiger partial charge is 0.409 e. The molecule has 3 N–H and O–H groups in total. The number of amidine groups is 1. The van der Waals surface area contributed by atoms with Crippen molar-refractivity contribution in [3.8, 4) is 0 Å². The van der Waals surface area contributed by atoms with Crippen LogP contribution in [0.1, 0.15) is 12.8 Å². The molecule has 1 saturated carbocycles. The van der Waals surface area contributed by atoms with Gasteiger partial charge in [-0.05, 0) is 12.8 Å². The van der Waals surface area contributed by atoms with E-state index in [0.29, 0.717) is 6.41 Å². The van der Waals surface area contributed by atoms with Gasteiger partial charge < -0.3 is 15.8 Å². The Hall–Kier alpha value is -1.59. The molecule has 0 atom stereocenters. The maximum absolute atomic E-state index is 11.1. The molecular formula is C7H11N3O3. The Labute approximate surface area is 75.0 Å². The number of rotatable bonds is 4. The summed E-state index contributed by atoms with van der Waals surface area (Å²) in [6.07, 6.45) is 2.23. The van der Waals surface area contributed by atoms with Crippen LogP contribution in [0.15, 0.2) is 5.16 Å². The fourth-order valence-corrected chi connectivity index (χ4v) is 0.833. The van der Waals surface area contributed by atoms with Gasteiger partial charge in [-0.3, -0.25) is 9.59 Å². The lowest BCUT2D eigenvalue weighted by molar-refractivity contribution is -0.121. The molecule has 1 fully saturated rings. The lowest BCUT2D eigenvalue weighted by Gasteiger charge is -2.04. The van der Waals surface area contributed by atoms with Gasteiger partial charge in [-0.1, -0.05) is 5.16 Å². The van der Waals surface area contributed by atoms with Crippen molar-refractivity contribution in [2.75, 3.05) is 6.54 Å². The number of nitrogens with one attached hydrogen (secondary N) is 2. The number of carbonyl (C=O) groups excluding carboxylic acids is 2. The zero-order valence-electron chi connectivity index (χ0n) is 6.99. The number of amides is 2. The van der Waals surface area contributed by atoms with Gasteiger partial charge in [-0.2, -0.15) is 0 Å². The Morgan fingerprint density at radius 3 is 2.77 bits per heavy atom. The van der Waals surface area contributed by atoms with Crippen LogP contribution in [0.25, 0.3) is 0 Å². The average molecular weight is 185 g/mol. The summed E-state index contributed by atoms with van der Waals surface area (Å²) in [5.41, 5.74) is 0. The smallest absolute Gasteiger partial charge is 0.228 e. The second-order valence-corrected chi connectivity index (χ2v) is 2.81. The molecule has 0 saturated heterocycles. The van der Waals surface area contributed by atoms with E-state index in [1.54, 1.807) is 0 Å². The van der Waals surface area contributed by atoms with Gasteiger partial charge in [0.2, 0.25) is 12.3 Å². The second kappa shape index (κ2) is 4.44. The van der Waals surface area contributed by atoms with E-state index in [4.69, 9.17) is 5.21 Å². The first-order valence-electron chi connectivity index (χ1n) is 3.96. The third-order valence-corrected chi connectivity index (χ3v) is 1.69. The van der Waals surface area contributed by atoms with E-state index in [2.05, 4.69) is 15.8 Å². The predicted molar refractivity (Wildman–Crippen MR) is 44.2 cm³/mol. The van der Waals surface area contributed by atoms with Crippen LogP contribution in [0.3, 0.4) is 0 Å². The van der Waals surface area contributed by atoms with Crippen molar-refractivity contribution in [2.45, 2.75) is 12.8 Å². The zero-order valence-corrected chi connectivity index (χ0v) is 6.99. The van der Waals surface area contributed by atoms with Crippen LogP contribution in [0, 0.1) is 5.92 Å². The molecule has 2 amide bonds. The highest BCUT2D eigenvalue weighted by Gasteiger charge is 2.30. The molecule has 0 spiro atoms. The highest BCUT2D eigenvalue weighted by atomic mass is 16.4. The first-order chi connectivity index (χ1) is 6.27. The van der Waals surface area contributed by atoms with Crippen molar-refractivity contribution >= 4 is 18.2 Å². The minimum Gasteiger partial charge on any atom is -0.409 e. The molecule has 0 heterocycles. The summed E-state index contributed by atoms with van der Waals surface area (Å²) in [5, 5.41) is 15.9. The highest BCUT2D eigenvalue weighted by Crippen LogP contribution is 2.28.